The van der Waals surface area contributed by atoms with Gasteiger partial charge < -0.3 is 14.2 Å². The van der Waals surface area contributed by atoms with Crippen molar-refractivity contribution < 1.29 is 28.6 Å². The third-order valence-corrected chi connectivity index (χ3v) is 12.5. The highest BCUT2D eigenvalue weighted by molar-refractivity contribution is 5.71. The number of esters is 3. The fourth-order valence-corrected chi connectivity index (χ4v) is 8.08. The molecule has 0 N–H and O–H groups in total. The largest absolute Gasteiger partial charge is 0.462 e. The molecule has 0 aliphatic rings. The molecule has 0 spiro atoms. The highest BCUT2D eigenvalue weighted by Crippen LogP contribution is 2.15. The number of rotatable bonds is 53. The molecule has 0 bridgehead atoms. The van der Waals surface area contributed by atoms with Crippen LogP contribution in [0.3, 0.4) is 0 Å². The molecule has 0 aromatic carbocycles. The minimum absolute atomic E-state index is 0.100. The Hall–Kier alpha value is -3.67. The van der Waals surface area contributed by atoms with Gasteiger partial charge in [0.15, 0.2) is 6.10 Å². The first kappa shape index (κ1) is 67.3. The summed E-state index contributed by atoms with van der Waals surface area (Å²) in [5, 5.41) is 0. The zero-order valence-corrected chi connectivity index (χ0v) is 46.5. The molecule has 0 heterocycles. The Morgan fingerprint density at radius 3 is 0.930 bits per heavy atom. The first-order chi connectivity index (χ1) is 35.0. The maximum atomic E-state index is 12.9. The second-order valence-corrected chi connectivity index (χ2v) is 19.5. The van der Waals surface area contributed by atoms with Crippen molar-refractivity contribution in [2.45, 2.75) is 284 Å². The maximum Gasteiger partial charge on any atom is 0.306 e. The number of hydrogen-bond acceptors (Lipinski definition) is 6. The van der Waals surface area contributed by atoms with E-state index in [-0.39, 0.29) is 31.1 Å². The average molecular weight is 988 g/mol. The van der Waals surface area contributed by atoms with Gasteiger partial charge in [-0.2, -0.15) is 0 Å². The van der Waals surface area contributed by atoms with E-state index in [9.17, 15) is 14.4 Å². The predicted octanol–water partition coefficient (Wildman–Crippen LogP) is 20.1. The van der Waals surface area contributed by atoms with Gasteiger partial charge in [0.1, 0.15) is 13.2 Å². The van der Waals surface area contributed by atoms with Gasteiger partial charge in [-0.1, -0.05) is 234 Å². The summed E-state index contributed by atoms with van der Waals surface area (Å²) in [6.45, 7) is 6.45. The summed E-state index contributed by atoms with van der Waals surface area (Å²) in [5.74, 6) is -0.962. The molecule has 6 nitrogen and oxygen atoms in total. The number of unbranched alkanes of at least 4 members (excludes halogenated alkanes) is 26. The zero-order valence-electron chi connectivity index (χ0n) is 46.5. The Bertz CT molecular complexity index is 1410. The number of allylic oxidation sites excluding steroid dienone is 16. The van der Waals surface area contributed by atoms with Gasteiger partial charge >= 0.3 is 17.9 Å². The fraction of sp³-hybridized carbons (Fsp3) is 0.708. The second kappa shape index (κ2) is 58.9. The Morgan fingerprint density at radius 2 is 0.549 bits per heavy atom. The molecule has 0 amide bonds. The van der Waals surface area contributed by atoms with Crippen molar-refractivity contribution in [2.75, 3.05) is 13.2 Å². The van der Waals surface area contributed by atoms with E-state index in [0.29, 0.717) is 19.3 Å². The van der Waals surface area contributed by atoms with Crippen LogP contribution >= 0.6 is 0 Å². The lowest BCUT2D eigenvalue weighted by atomic mass is 10.0. The summed E-state index contributed by atoms with van der Waals surface area (Å²) in [4.78, 5) is 38.2. The molecule has 0 rings (SSSR count). The van der Waals surface area contributed by atoms with E-state index in [4.69, 9.17) is 14.2 Å². The summed E-state index contributed by atoms with van der Waals surface area (Å²) in [7, 11) is 0. The van der Waals surface area contributed by atoms with Crippen molar-refractivity contribution in [1.82, 2.24) is 0 Å². The quantitative estimate of drug-likeness (QED) is 0.0261. The van der Waals surface area contributed by atoms with Crippen LogP contribution in [0.4, 0.5) is 0 Å². The second-order valence-electron chi connectivity index (χ2n) is 19.5. The summed E-state index contributed by atoms with van der Waals surface area (Å²) >= 11 is 0. The number of ether oxygens (including phenoxy) is 3. The highest BCUT2D eigenvalue weighted by Gasteiger charge is 2.19. The number of carbonyl (C=O) groups excluding carboxylic acids is 3. The van der Waals surface area contributed by atoms with Crippen LogP contribution in [0.5, 0.6) is 0 Å². The Morgan fingerprint density at radius 1 is 0.296 bits per heavy atom. The van der Waals surface area contributed by atoms with Gasteiger partial charge in [-0.3, -0.25) is 14.4 Å². The van der Waals surface area contributed by atoms with Crippen LogP contribution in [0.25, 0.3) is 0 Å². The van der Waals surface area contributed by atoms with Crippen molar-refractivity contribution in [3.8, 4) is 0 Å². The summed E-state index contributed by atoms with van der Waals surface area (Å²) < 4.78 is 16.8. The van der Waals surface area contributed by atoms with Gasteiger partial charge in [0.05, 0.1) is 0 Å². The first-order valence-corrected chi connectivity index (χ1v) is 29.7. The zero-order chi connectivity index (χ0) is 51.4. The topological polar surface area (TPSA) is 78.9 Å². The van der Waals surface area contributed by atoms with Gasteiger partial charge in [0.2, 0.25) is 0 Å². The molecular formula is C65H110O6. The maximum absolute atomic E-state index is 12.9. The SMILES string of the molecule is CC/C=C\C/C=C\C/C=C\C/C=C\CCCCC(=O)OC[C@H](COC(=O)CCCCCCCCCCCCC/C=C\CCCCCCCC)OC(=O)CCCCCC/C=C\C/C=C\C/C=C\CCCCC. The molecule has 0 unspecified atom stereocenters. The minimum Gasteiger partial charge on any atom is -0.462 e. The van der Waals surface area contributed by atoms with Crippen LogP contribution < -0.4 is 0 Å². The molecule has 0 aliphatic heterocycles. The minimum atomic E-state index is -0.808. The van der Waals surface area contributed by atoms with E-state index in [2.05, 4.69) is 118 Å². The number of hydrogen-bond donors (Lipinski definition) is 0. The molecule has 71 heavy (non-hydrogen) atoms. The molecule has 0 aliphatic carbocycles. The smallest absolute Gasteiger partial charge is 0.306 e. The third kappa shape index (κ3) is 57.1. The Labute approximate surface area is 438 Å². The van der Waals surface area contributed by atoms with Crippen molar-refractivity contribution in [3.63, 3.8) is 0 Å². The number of carbonyl (C=O) groups is 3. The highest BCUT2D eigenvalue weighted by atomic mass is 16.6. The van der Waals surface area contributed by atoms with E-state index < -0.39 is 6.10 Å². The first-order valence-electron chi connectivity index (χ1n) is 29.7. The molecule has 0 radical (unpaired) electrons. The van der Waals surface area contributed by atoms with Crippen molar-refractivity contribution in [3.05, 3.63) is 97.2 Å². The van der Waals surface area contributed by atoms with Crippen LogP contribution in [0, 0.1) is 0 Å². The van der Waals surface area contributed by atoms with E-state index in [1.54, 1.807) is 0 Å². The van der Waals surface area contributed by atoms with Crippen molar-refractivity contribution >= 4 is 17.9 Å². The van der Waals surface area contributed by atoms with Gasteiger partial charge in [0, 0.05) is 19.3 Å². The fourth-order valence-electron chi connectivity index (χ4n) is 8.08. The van der Waals surface area contributed by atoms with Gasteiger partial charge in [-0.15, -0.1) is 0 Å². The van der Waals surface area contributed by atoms with Crippen LogP contribution in [0.2, 0.25) is 0 Å². The van der Waals surface area contributed by atoms with E-state index in [0.717, 1.165) is 109 Å². The molecule has 406 valence electrons. The predicted molar refractivity (Wildman–Crippen MR) is 307 cm³/mol. The molecule has 0 saturated carbocycles. The van der Waals surface area contributed by atoms with Crippen molar-refractivity contribution in [2.24, 2.45) is 0 Å². The molecule has 0 saturated heterocycles. The van der Waals surface area contributed by atoms with Gasteiger partial charge in [-0.25, -0.2) is 0 Å². The van der Waals surface area contributed by atoms with E-state index in [1.165, 1.54) is 128 Å². The summed E-state index contributed by atoms with van der Waals surface area (Å²) in [5.41, 5.74) is 0. The van der Waals surface area contributed by atoms with E-state index >= 15 is 0 Å². The van der Waals surface area contributed by atoms with Crippen LogP contribution in [-0.2, 0) is 28.6 Å². The van der Waals surface area contributed by atoms with Gasteiger partial charge in [0.25, 0.3) is 0 Å². The third-order valence-electron chi connectivity index (χ3n) is 12.5. The monoisotopic (exact) mass is 987 g/mol. The van der Waals surface area contributed by atoms with E-state index in [1.807, 2.05) is 0 Å². The molecule has 6 heteroatoms. The molecular weight excluding hydrogens is 877 g/mol. The standard InChI is InChI=1S/C65H110O6/c1-4-7-10-13-16-19-22-25-28-30-31-32-33-35-37-40-43-46-49-52-55-58-64(67)70-61-62(60-69-63(66)57-54-51-48-45-42-39-36-27-24-21-18-15-12-9-6-3)71-65(68)59-56-53-50-47-44-41-38-34-29-26-23-20-17-14-11-8-5-2/h9,12,17-18,20-21,25-29,36,38,41-42,45,62H,4-8,10-11,13-16,19,22-24,30-35,37,39-40,43-44,46-61H2,1-3H3/b12-9-,20-17-,21-18-,28-25-,29-26-,36-27-,41-38-,45-42-/t62-/m1/s1. The van der Waals surface area contributed by atoms with Crippen LogP contribution in [0.15, 0.2) is 97.2 Å². The molecule has 1 atom stereocenters. The summed E-state index contributed by atoms with van der Waals surface area (Å²) in [6.07, 6.45) is 78.3. The lowest BCUT2D eigenvalue weighted by molar-refractivity contribution is -0.167. The molecule has 0 fully saturated rings. The summed E-state index contributed by atoms with van der Waals surface area (Å²) in [6, 6.07) is 0. The normalized spacial score (nSPS) is 12.8. The average Bonchev–Trinajstić information content (AvgIpc) is 3.37. The lowest BCUT2D eigenvalue weighted by Gasteiger charge is -2.18. The molecule has 0 aromatic heterocycles. The Kier molecular flexibility index (Phi) is 55.9. The molecule has 0 aromatic rings. The Balaban J connectivity index is 4.44. The van der Waals surface area contributed by atoms with Crippen LogP contribution in [0.1, 0.15) is 278 Å². The lowest BCUT2D eigenvalue weighted by Crippen LogP contribution is -2.30. The van der Waals surface area contributed by atoms with Gasteiger partial charge in [-0.05, 0) is 122 Å². The van der Waals surface area contributed by atoms with Crippen LogP contribution in [-0.4, -0.2) is 37.2 Å². The van der Waals surface area contributed by atoms with Crippen molar-refractivity contribution in [1.29, 1.82) is 0 Å².